The second kappa shape index (κ2) is 9.25. The summed E-state index contributed by atoms with van der Waals surface area (Å²) in [6, 6.07) is 0. The Balaban J connectivity index is 4.77. The van der Waals surface area contributed by atoms with Crippen LogP contribution in [-0.2, 0) is 18.1 Å². The Labute approximate surface area is 116 Å². The smallest absolute Gasteiger partial charge is 0.478 e. The van der Waals surface area contributed by atoms with E-state index < -0.39 is 14.8 Å². The van der Waals surface area contributed by atoms with E-state index in [9.17, 15) is 4.79 Å². The van der Waals surface area contributed by atoms with E-state index in [1.807, 2.05) is 0 Å². The van der Waals surface area contributed by atoms with Gasteiger partial charge in [0.15, 0.2) is 0 Å². The molecule has 0 spiro atoms. The maximum absolute atomic E-state index is 10.8. The maximum atomic E-state index is 10.8. The van der Waals surface area contributed by atoms with Crippen LogP contribution >= 0.6 is 0 Å². The summed E-state index contributed by atoms with van der Waals surface area (Å²) in [5.41, 5.74) is 0.316. The van der Waals surface area contributed by atoms with E-state index in [4.69, 9.17) is 18.4 Å². The van der Waals surface area contributed by atoms with Crippen molar-refractivity contribution in [2.75, 3.05) is 21.3 Å². The van der Waals surface area contributed by atoms with Crippen molar-refractivity contribution in [2.45, 2.75) is 44.6 Å². The number of hydrogen-bond acceptors (Lipinski definition) is 4. The van der Waals surface area contributed by atoms with Gasteiger partial charge in [-0.2, -0.15) is 0 Å². The number of hydrogen-bond donors (Lipinski definition) is 1. The fourth-order valence-corrected chi connectivity index (χ4v) is 4.71. The quantitative estimate of drug-likeness (QED) is 0.468. The summed E-state index contributed by atoms with van der Waals surface area (Å²) in [5, 5.41) is 8.86. The molecule has 19 heavy (non-hydrogen) atoms. The third kappa shape index (κ3) is 5.44. The van der Waals surface area contributed by atoms with Crippen molar-refractivity contribution in [2.24, 2.45) is 0 Å². The molecule has 1 atom stereocenters. The molecule has 0 bridgehead atoms. The van der Waals surface area contributed by atoms with Crippen molar-refractivity contribution in [3.63, 3.8) is 0 Å². The molecule has 0 aliphatic carbocycles. The zero-order valence-electron chi connectivity index (χ0n) is 12.4. The molecule has 0 aromatic rings. The average Bonchev–Trinajstić information content (AvgIpc) is 2.42. The van der Waals surface area contributed by atoms with Gasteiger partial charge in [-0.15, -0.1) is 0 Å². The second-order valence-electron chi connectivity index (χ2n) is 4.50. The summed E-state index contributed by atoms with van der Waals surface area (Å²) in [6.07, 6.45) is 4.10. The Bertz CT molecular complexity index is 280. The molecule has 0 fully saturated rings. The topological polar surface area (TPSA) is 65.0 Å². The van der Waals surface area contributed by atoms with Gasteiger partial charge in [0, 0.05) is 32.4 Å². The van der Waals surface area contributed by atoms with Crippen LogP contribution < -0.4 is 0 Å². The number of unbranched alkanes of at least 4 members (excludes halogenated alkanes) is 1. The standard InChI is InChI=1S/C13H26O5Si/c1-6-7-8-12(10-9-11(2)13(14)15)19(16-3,17-4)18-5/h12H,2,6-10H2,1,3-5H3,(H,14,15). The highest BCUT2D eigenvalue weighted by molar-refractivity contribution is 6.62. The minimum Gasteiger partial charge on any atom is -0.478 e. The van der Waals surface area contributed by atoms with E-state index in [2.05, 4.69) is 13.5 Å². The number of carboxylic acid groups (broad SMARTS) is 1. The monoisotopic (exact) mass is 290 g/mol. The van der Waals surface area contributed by atoms with E-state index >= 15 is 0 Å². The molecule has 0 rings (SSSR count). The lowest BCUT2D eigenvalue weighted by atomic mass is 10.1. The first-order chi connectivity index (χ1) is 8.97. The summed E-state index contributed by atoms with van der Waals surface area (Å²) in [6.45, 7) is 5.67. The molecule has 1 N–H and O–H groups in total. The summed E-state index contributed by atoms with van der Waals surface area (Å²) < 4.78 is 16.5. The zero-order chi connectivity index (χ0) is 14.9. The highest BCUT2D eigenvalue weighted by Crippen LogP contribution is 2.34. The SMILES string of the molecule is C=C(CCC(CCCC)[Si](OC)(OC)OC)C(=O)O. The Hall–Kier alpha value is -0.693. The van der Waals surface area contributed by atoms with E-state index in [0.717, 1.165) is 19.3 Å². The maximum Gasteiger partial charge on any atom is 0.503 e. The lowest BCUT2D eigenvalue weighted by Crippen LogP contribution is -2.47. The molecule has 0 amide bonds. The van der Waals surface area contributed by atoms with Crippen LogP contribution in [0.15, 0.2) is 12.2 Å². The van der Waals surface area contributed by atoms with Gasteiger partial charge in [0.25, 0.3) is 0 Å². The van der Waals surface area contributed by atoms with Gasteiger partial charge < -0.3 is 18.4 Å². The first-order valence-electron chi connectivity index (χ1n) is 6.53. The van der Waals surface area contributed by atoms with Gasteiger partial charge in [0.2, 0.25) is 0 Å². The molecule has 0 aromatic heterocycles. The third-order valence-electron chi connectivity index (χ3n) is 3.36. The molecule has 5 nitrogen and oxygen atoms in total. The Morgan fingerprint density at radius 1 is 1.21 bits per heavy atom. The van der Waals surface area contributed by atoms with Gasteiger partial charge in [-0.3, -0.25) is 0 Å². The van der Waals surface area contributed by atoms with E-state index in [1.54, 1.807) is 21.3 Å². The molecule has 0 saturated carbocycles. The minimum absolute atomic E-state index is 0.101. The van der Waals surface area contributed by atoms with Crippen LogP contribution in [0.1, 0.15) is 39.0 Å². The van der Waals surface area contributed by atoms with Gasteiger partial charge in [0.1, 0.15) is 0 Å². The predicted molar refractivity (Wildman–Crippen MR) is 76.1 cm³/mol. The number of aliphatic carboxylic acids is 1. The first kappa shape index (κ1) is 18.3. The van der Waals surface area contributed by atoms with E-state index in [-0.39, 0.29) is 11.1 Å². The normalized spacial score (nSPS) is 13.3. The lowest BCUT2D eigenvalue weighted by molar-refractivity contribution is -0.132. The highest BCUT2D eigenvalue weighted by Gasteiger charge is 2.46. The lowest BCUT2D eigenvalue weighted by Gasteiger charge is -2.32. The van der Waals surface area contributed by atoms with Crippen LogP contribution in [0.3, 0.4) is 0 Å². The number of carbonyl (C=O) groups is 1. The van der Waals surface area contributed by atoms with Crippen LogP contribution in [0, 0.1) is 0 Å². The molecule has 1 unspecified atom stereocenters. The van der Waals surface area contributed by atoms with Gasteiger partial charge in [-0.1, -0.05) is 26.3 Å². The average molecular weight is 290 g/mol. The van der Waals surface area contributed by atoms with Crippen LogP contribution in [0.4, 0.5) is 0 Å². The van der Waals surface area contributed by atoms with Crippen molar-refractivity contribution >= 4 is 14.8 Å². The van der Waals surface area contributed by atoms with Gasteiger partial charge in [-0.05, 0) is 19.3 Å². The van der Waals surface area contributed by atoms with Crippen LogP contribution in [0.5, 0.6) is 0 Å². The molecule has 0 aliphatic rings. The molecule has 0 heterocycles. The molecule has 0 aromatic carbocycles. The molecule has 6 heteroatoms. The summed E-state index contributed by atoms with van der Waals surface area (Å²) in [5.74, 6) is -0.950. The Kier molecular flexibility index (Phi) is 8.91. The molecule has 112 valence electrons. The second-order valence-corrected chi connectivity index (χ2v) is 7.75. The van der Waals surface area contributed by atoms with Crippen molar-refractivity contribution in [1.29, 1.82) is 0 Å². The minimum atomic E-state index is -2.72. The van der Waals surface area contributed by atoms with Crippen molar-refractivity contribution in [3.8, 4) is 0 Å². The van der Waals surface area contributed by atoms with E-state index in [0.29, 0.717) is 12.8 Å². The van der Waals surface area contributed by atoms with E-state index in [1.165, 1.54) is 0 Å². The molecule has 0 aliphatic heterocycles. The molecule has 0 radical (unpaired) electrons. The molecular weight excluding hydrogens is 264 g/mol. The summed E-state index contributed by atoms with van der Waals surface area (Å²) in [4.78, 5) is 10.8. The van der Waals surface area contributed by atoms with Gasteiger partial charge >= 0.3 is 14.8 Å². The van der Waals surface area contributed by atoms with Gasteiger partial charge in [-0.25, -0.2) is 4.79 Å². The molecule has 0 saturated heterocycles. The number of carboxylic acids is 1. The summed E-state index contributed by atoms with van der Waals surface area (Å²) >= 11 is 0. The third-order valence-corrected chi connectivity index (χ3v) is 6.64. The van der Waals surface area contributed by atoms with Crippen molar-refractivity contribution in [3.05, 3.63) is 12.2 Å². The zero-order valence-corrected chi connectivity index (χ0v) is 13.4. The highest BCUT2D eigenvalue weighted by atomic mass is 28.4. The van der Waals surface area contributed by atoms with Crippen LogP contribution in [-0.4, -0.2) is 41.2 Å². The van der Waals surface area contributed by atoms with Crippen molar-refractivity contribution < 1.29 is 23.2 Å². The summed E-state index contributed by atoms with van der Waals surface area (Å²) in [7, 11) is 2.04. The molecular formula is C13H26O5Si. The van der Waals surface area contributed by atoms with Crippen LogP contribution in [0.25, 0.3) is 0 Å². The Morgan fingerprint density at radius 2 is 1.74 bits per heavy atom. The first-order valence-corrected chi connectivity index (χ1v) is 8.34. The van der Waals surface area contributed by atoms with Gasteiger partial charge in [0.05, 0.1) is 0 Å². The van der Waals surface area contributed by atoms with Crippen molar-refractivity contribution in [1.82, 2.24) is 0 Å². The fraction of sp³-hybridized carbons (Fsp3) is 0.769. The predicted octanol–water partition coefficient (Wildman–Crippen LogP) is 2.85. The largest absolute Gasteiger partial charge is 0.503 e. The Morgan fingerprint density at radius 3 is 2.11 bits per heavy atom. The fourth-order valence-electron chi connectivity index (χ4n) is 2.15. The number of rotatable bonds is 11. The van der Waals surface area contributed by atoms with Crippen LogP contribution in [0.2, 0.25) is 5.54 Å².